The molecule has 0 amide bonds. The van der Waals surface area contributed by atoms with Gasteiger partial charge in [-0.2, -0.15) is 5.10 Å². The molecule has 0 fully saturated rings. The van der Waals surface area contributed by atoms with Crippen LogP contribution in [0.3, 0.4) is 0 Å². The maximum absolute atomic E-state index is 9.36. The first-order valence-electron chi connectivity index (χ1n) is 5.88. The van der Waals surface area contributed by atoms with E-state index >= 15 is 0 Å². The Morgan fingerprint density at radius 2 is 1.70 bits per heavy atom. The van der Waals surface area contributed by atoms with Gasteiger partial charge in [0.05, 0.1) is 5.69 Å². The van der Waals surface area contributed by atoms with Crippen LogP contribution in [0.15, 0.2) is 53.0 Å². The average Bonchev–Trinajstić information content (AvgIpc) is 2.83. The second-order valence-electron chi connectivity index (χ2n) is 4.21. The number of aromatic hydroxyl groups is 1. The number of benzene rings is 2. The maximum Gasteiger partial charge on any atom is 0.200 e. The van der Waals surface area contributed by atoms with Gasteiger partial charge in [-0.05, 0) is 60.7 Å². The Kier molecular flexibility index (Phi) is 3.42. The van der Waals surface area contributed by atoms with Gasteiger partial charge >= 0.3 is 0 Å². The number of phenols is 1. The molecule has 2 N–H and O–H groups in total. The van der Waals surface area contributed by atoms with Gasteiger partial charge in [0.2, 0.25) is 0 Å². The molecule has 6 heteroatoms. The summed E-state index contributed by atoms with van der Waals surface area (Å²) in [6.07, 6.45) is 0. The summed E-state index contributed by atoms with van der Waals surface area (Å²) < 4.78 is 3.38. The van der Waals surface area contributed by atoms with Crippen molar-refractivity contribution in [3.05, 3.63) is 57.8 Å². The van der Waals surface area contributed by atoms with Crippen LogP contribution in [0.4, 0.5) is 0 Å². The number of aromatic amines is 1. The summed E-state index contributed by atoms with van der Waals surface area (Å²) in [6, 6.07) is 14.7. The van der Waals surface area contributed by atoms with Gasteiger partial charge in [0.15, 0.2) is 10.6 Å². The zero-order chi connectivity index (χ0) is 14.1. The minimum atomic E-state index is 0.220. The van der Waals surface area contributed by atoms with E-state index in [9.17, 15) is 5.11 Å². The van der Waals surface area contributed by atoms with Crippen LogP contribution in [0.25, 0.3) is 17.1 Å². The molecule has 3 aromatic rings. The third-order valence-corrected chi connectivity index (χ3v) is 3.69. The van der Waals surface area contributed by atoms with E-state index in [0.29, 0.717) is 10.6 Å². The molecule has 1 aromatic heterocycles. The fraction of sp³-hybridized carbons (Fsp3) is 0. The van der Waals surface area contributed by atoms with Gasteiger partial charge in [0.25, 0.3) is 0 Å². The summed E-state index contributed by atoms with van der Waals surface area (Å²) in [7, 11) is 0. The molecule has 0 aliphatic carbocycles. The van der Waals surface area contributed by atoms with Crippen molar-refractivity contribution in [2.45, 2.75) is 0 Å². The topological polar surface area (TPSA) is 53.8 Å². The molecule has 0 aliphatic heterocycles. The van der Waals surface area contributed by atoms with Crippen molar-refractivity contribution in [2.75, 3.05) is 0 Å². The number of hydrogen-bond donors (Lipinski definition) is 2. The fourth-order valence-electron chi connectivity index (χ4n) is 1.93. The first-order chi connectivity index (χ1) is 9.65. The van der Waals surface area contributed by atoms with Crippen LogP contribution in [-0.2, 0) is 0 Å². The van der Waals surface area contributed by atoms with E-state index in [2.05, 4.69) is 26.1 Å². The minimum Gasteiger partial charge on any atom is -0.508 e. The lowest BCUT2D eigenvalue weighted by atomic mass is 10.2. The number of rotatable bonds is 2. The second kappa shape index (κ2) is 5.22. The van der Waals surface area contributed by atoms with Gasteiger partial charge in [-0.15, -0.1) is 0 Å². The highest BCUT2D eigenvalue weighted by Crippen LogP contribution is 2.24. The van der Waals surface area contributed by atoms with Crippen LogP contribution in [0.5, 0.6) is 5.75 Å². The van der Waals surface area contributed by atoms with Gasteiger partial charge in [-0.25, -0.2) is 0 Å². The molecule has 0 saturated carbocycles. The van der Waals surface area contributed by atoms with E-state index in [0.717, 1.165) is 15.7 Å². The largest absolute Gasteiger partial charge is 0.508 e. The van der Waals surface area contributed by atoms with Gasteiger partial charge in [-0.1, -0.05) is 15.9 Å². The Labute approximate surface area is 128 Å². The molecule has 0 radical (unpaired) electrons. The third-order valence-electron chi connectivity index (χ3n) is 2.88. The lowest BCUT2D eigenvalue weighted by Crippen LogP contribution is -1.97. The molecule has 0 bridgehead atoms. The molecule has 1 heterocycles. The number of H-pyrrole nitrogens is 1. The molecule has 0 saturated heterocycles. The highest BCUT2D eigenvalue weighted by molar-refractivity contribution is 9.10. The summed E-state index contributed by atoms with van der Waals surface area (Å²) in [6.45, 7) is 0. The first-order valence-corrected chi connectivity index (χ1v) is 7.08. The average molecular weight is 348 g/mol. The predicted molar refractivity (Wildman–Crippen MR) is 83.5 cm³/mol. The molecule has 4 nitrogen and oxygen atoms in total. The predicted octanol–water partition coefficient (Wildman–Crippen LogP) is 4.06. The standard InChI is InChI=1S/C14H10BrN3OS/c15-10-3-5-11(6-4-10)18-13(16-17-14(18)20)9-1-7-12(19)8-2-9/h1-8,19H,(H,17,20). The molecule has 2 aromatic carbocycles. The lowest BCUT2D eigenvalue weighted by Gasteiger charge is -2.07. The van der Waals surface area contributed by atoms with Gasteiger partial charge in [0, 0.05) is 10.0 Å². The molecule has 100 valence electrons. The minimum absolute atomic E-state index is 0.220. The van der Waals surface area contributed by atoms with Crippen molar-refractivity contribution < 1.29 is 5.11 Å². The van der Waals surface area contributed by atoms with E-state index in [-0.39, 0.29) is 5.75 Å². The Bertz CT molecular complexity index is 791. The highest BCUT2D eigenvalue weighted by atomic mass is 79.9. The van der Waals surface area contributed by atoms with Crippen molar-refractivity contribution in [2.24, 2.45) is 0 Å². The summed E-state index contributed by atoms with van der Waals surface area (Å²) in [5.74, 6) is 0.926. The normalized spacial score (nSPS) is 10.7. The van der Waals surface area contributed by atoms with E-state index in [1.165, 1.54) is 0 Å². The van der Waals surface area contributed by atoms with Crippen LogP contribution >= 0.6 is 28.1 Å². The van der Waals surface area contributed by atoms with E-state index in [4.69, 9.17) is 12.2 Å². The Morgan fingerprint density at radius 3 is 2.35 bits per heavy atom. The van der Waals surface area contributed by atoms with Crippen LogP contribution in [-0.4, -0.2) is 19.9 Å². The van der Waals surface area contributed by atoms with Crippen LogP contribution in [0, 0.1) is 4.77 Å². The molecule has 0 atom stereocenters. The van der Waals surface area contributed by atoms with Gasteiger partial charge < -0.3 is 5.11 Å². The molecule has 0 spiro atoms. The molecular formula is C14H10BrN3OS. The molecule has 20 heavy (non-hydrogen) atoms. The lowest BCUT2D eigenvalue weighted by molar-refractivity contribution is 0.475. The van der Waals surface area contributed by atoms with Crippen LogP contribution in [0.1, 0.15) is 0 Å². The van der Waals surface area contributed by atoms with Crippen molar-refractivity contribution in [3.63, 3.8) is 0 Å². The van der Waals surface area contributed by atoms with E-state index in [1.54, 1.807) is 24.3 Å². The molecule has 0 aliphatic rings. The maximum atomic E-state index is 9.36. The monoisotopic (exact) mass is 347 g/mol. The van der Waals surface area contributed by atoms with Crippen molar-refractivity contribution in [1.29, 1.82) is 0 Å². The van der Waals surface area contributed by atoms with Crippen LogP contribution < -0.4 is 0 Å². The van der Waals surface area contributed by atoms with Crippen molar-refractivity contribution in [3.8, 4) is 22.8 Å². The highest BCUT2D eigenvalue weighted by Gasteiger charge is 2.10. The SMILES string of the molecule is Oc1ccc(-c2n[nH]c(=S)n2-c2ccc(Br)cc2)cc1. The molecular weight excluding hydrogens is 338 g/mol. The summed E-state index contributed by atoms with van der Waals surface area (Å²) in [5, 5.41) is 16.4. The number of nitrogens with one attached hydrogen (secondary N) is 1. The zero-order valence-corrected chi connectivity index (χ0v) is 12.6. The smallest absolute Gasteiger partial charge is 0.200 e. The van der Waals surface area contributed by atoms with E-state index in [1.807, 2.05) is 28.8 Å². The Morgan fingerprint density at radius 1 is 1.05 bits per heavy atom. The number of phenolic OH excluding ortho intramolecular Hbond substituents is 1. The number of halogens is 1. The quantitative estimate of drug-likeness (QED) is 0.687. The van der Waals surface area contributed by atoms with Crippen molar-refractivity contribution >= 4 is 28.1 Å². The molecule has 0 unspecified atom stereocenters. The van der Waals surface area contributed by atoms with E-state index < -0.39 is 0 Å². The fourth-order valence-corrected chi connectivity index (χ4v) is 2.43. The number of nitrogens with zero attached hydrogens (tertiary/aromatic N) is 2. The Balaban J connectivity index is 2.17. The Hall–Kier alpha value is -1.92. The number of hydrogen-bond acceptors (Lipinski definition) is 3. The summed E-state index contributed by atoms with van der Waals surface area (Å²) >= 11 is 8.71. The third kappa shape index (κ3) is 2.39. The molecule has 3 rings (SSSR count). The van der Waals surface area contributed by atoms with Gasteiger partial charge in [0.1, 0.15) is 5.75 Å². The summed E-state index contributed by atoms with van der Waals surface area (Å²) in [5.41, 5.74) is 1.80. The zero-order valence-electron chi connectivity index (χ0n) is 10.2. The van der Waals surface area contributed by atoms with Crippen molar-refractivity contribution in [1.82, 2.24) is 14.8 Å². The first kappa shape index (κ1) is 13.1. The second-order valence-corrected chi connectivity index (χ2v) is 5.51. The summed E-state index contributed by atoms with van der Waals surface area (Å²) in [4.78, 5) is 0. The number of aromatic nitrogens is 3. The van der Waals surface area contributed by atoms with Crippen LogP contribution in [0.2, 0.25) is 0 Å². The van der Waals surface area contributed by atoms with Gasteiger partial charge in [-0.3, -0.25) is 9.67 Å².